The summed E-state index contributed by atoms with van der Waals surface area (Å²) in [6.07, 6.45) is 0.105. The molecule has 4 nitrogen and oxygen atoms in total. The second-order valence-corrected chi connectivity index (χ2v) is 7.39. The van der Waals surface area contributed by atoms with Crippen molar-refractivity contribution in [2.24, 2.45) is 0 Å². The van der Waals surface area contributed by atoms with Crippen LogP contribution >= 0.6 is 11.6 Å². The standard InChI is InChI=1S/C24H23ClN2O2/c1-16-12-13-17(2)21(14-16)26-23(28)15-22(18-8-4-3-5-9-18)27-24(29)19-10-6-7-11-20(19)25/h3-14,22H,15H2,1-2H3,(H,26,28)(H,27,29)/t22-/m0/s1. The number of carbonyl (C=O) groups excluding carboxylic acids is 2. The molecule has 148 valence electrons. The van der Waals surface area contributed by atoms with Gasteiger partial charge in [0.15, 0.2) is 0 Å². The third kappa shape index (κ3) is 5.46. The quantitative estimate of drug-likeness (QED) is 0.571. The first-order chi connectivity index (χ1) is 13.9. The monoisotopic (exact) mass is 406 g/mol. The SMILES string of the molecule is Cc1ccc(C)c(NC(=O)C[C@H](NC(=O)c2ccccc2Cl)c2ccccc2)c1. The summed E-state index contributed by atoms with van der Waals surface area (Å²) in [6.45, 7) is 3.93. The van der Waals surface area contributed by atoms with Crippen LogP contribution in [0.4, 0.5) is 5.69 Å². The van der Waals surface area contributed by atoms with Crippen LogP contribution in [-0.4, -0.2) is 11.8 Å². The van der Waals surface area contributed by atoms with Gasteiger partial charge >= 0.3 is 0 Å². The Morgan fingerprint density at radius 2 is 1.62 bits per heavy atom. The van der Waals surface area contributed by atoms with E-state index in [9.17, 15) is 9.59 Å². The molecule has 0 fully saturated rings. The summed E-state index contributed by atoms with van der Waals surface area (Å²) in [5.74, 6) is -0.490. The van der Waals surface area contributed by atoms with Gasteiger partial charge in [0, 0.05) is 5.69 Å². The van der Waals surface area contributed by atoms with E-state index in [1.165, 1.54) is 0 Å². The van der Waals surface area contributed by atoms with Gasteiger partial charge in [0.2, 0.25) is 5.91 Å². The minimum Gasteiger partial charge on any atom is -0.345 e. The summed E-state index contributed by atoms with van der Waals surface area (Å²) in [6, 6.07) is 21.7. The summed E-state index contributed by atoms with van der Waals surface area (Å²) >= 11 is 6.15. The molecular weight excluding hydrogens is 384 g/mol. The molecule has 0 unspecified atom stereocenters. The van der Waals surface area contributed by atoms with E-state index < -0.39 is 6.04 Å². The van der Waals surface area contributed by atoms with Crippen LogP contribution in [0, 0.1) is 13.8 Å². The van der Waals surface area contributed by atoms with Crippen LogP contribution in [-0.2, 0) is 4.79 Å². The third-order valence-electron chi connectivity index (χ3n) is 4.68. The maximum absolute atomic E-state index is 12.8. The molecule has 0 radical (unpaired) electrons. The molecule has 0 aliphatic heterocycles. The van der Waals surface area contributed by atoms with Crippen LogP contribution < -0.4 is 10.6 Å². The average molecular weight is 407 g/mol. The van der Waals surface area contributed by atoms with Crippen LogP contribution in [0.1, 0.15) is 39.5 Å². The number of anilines is 1. The van der Waals surface area contributed by atoms with Crippen molar-refractivity contribution < 1.29 is 9.59 Å². The lowest BCUT2D eigenvalue weighted by atomic mass is 10.0. The van der Waals surface area contributed by atoms with Crippen molar-refractivity contribution in [2.75, 3.05) is 5.32 Å². The number of halogens is 1. The number of rotatable bonds is 6. The molecule has 3 aromatic rings. The average Bonchev–Trinajstić information content (AvgIpc) is 2.71. The first-order valence-corrected chi connectivity index (χ1v) is 9.79. The van der Waals surface area contributed by atoms with E-state index in [-0.39, 0.29) is 18.2 Å². The lowest BCUT2D eigenvalue weighted by Gasteiger charge is -2.20. The fraction of sp³-hybridized carbons (Fsp3) is 0.167. The first kappa shape index (κ1) is 20.6. The fourth-order valence-corrected chi connectivity index (χ4v) is 3.30. The highest BCUT2D eigenvalue weighted by Gasteiger charge is 2.20. The number of amides is 2. The van der Waals surface area contributed by atoms with Gasteiger partial charge in [0.1, 0.15) is 0 Å². The lowest BCUT2D eigenvalue weighted by molar-refractivity contribution is -0.116. The van der Waals surface area contributed by atoms with Crippen molar-refractivity contribution in [1.82, 2.24) is 5.32 Å². The van der Waals surface area contributed by atoms with Gasteiger partial charge in [-0.15, -0.1) is 0 Å². The van der Waals surface area contributed by atoms with Gasteiger partial charge in [-0.25, -0.2) is 0 Å². The molecular formula is C24H23ClN2O2. The van der Waals surface area contributed by atoms with Gasteiger partial charge in [-0.3, -0.25) is 9.59 Å². The van der Waals surface area contributed by atoms with Gasteiger partial charge in [0.05, 0.1) is 23.0 Å². The molecule has 0 heterocycles. The molecule has 0 saturated carbocycles. The highest BCUT2D eigenvalue weighted by Crippen LogP contribution is 2.22. The van der Waals surface area contributed by atoms with Gasteiger partial charge in [-0.05, 0) is 48.7 Å². The molecule has 0 saturated heterocycles. The normalized spacial score (nSPS) is 11.6. The summed E-state index contributed by atoms with van der Waals surface area (Å²) in [5, 5.41) is 6.28. The largest absolute Gasteiger partial charge is 0.345 e. The molecule has 1 atom stereocenters. The van der Waals surface area contributed by atoms with Gasteiger partial charge in [-0.1, -0.05) is 66.2 Å². The highest BCUT2D eigenvalue weighted by molar-refractivity contribution is 6.33. The van der Waals surface area contributed by atoms with Crippen molar-refractivity contribution in [3.63, 3.8) is 0 Å². The molecule has 0 aliphatic carbocycles. The first-order valence-electron chi connectivity index (χ1n) is 9.41. The van der Waals surface area contributed by atoms with E-state index in [4.69, 9.17) is 11.6 Å². The summed E-state index contributed by atoms with van der Waals surface area (Å²) in [5.41, 5.74) is 4.06. The fourth-order valence-electron chi connectivity index (χ4n) is 3.08. The van der Waals surface area contributed by atoms with Crippen LogP contribution in [0.3, 0.4) is 0 Å². The van der Waals surface area contributed by atoms with Crippen LogP contribution in [0.5, 0.6) is 0 Å². The van der Waals surface area contributed by atoms with E-state index in [2.05, 4.69) is 10.6 Å². The van der Waals surface area contributed by atoms with E-state index in [0.717, 1.165) is 22.4 Å². The van der Waals surface area contributed by atoms with Gasteiger partial charge in [-0.2, -0.15) is 0 Å². The molecule has 5 heteroatoms. The number of hydrogen-bond donors (Lipinski definition) is 2. The highest BCUT2D eigenvalue weighted by atomic mass is 35.5. The third-order valence-corrected chi connectivity index (χ3v) is 5.01. The van der Waals surface area contributed by atoms with Gasteiger partial charge in [0.25, 0.3) is 5.91 Å². The van der Waals surface area contributed by atoms with Crippen molar-refractivity contribution in [3.05, 3.63) is 100 Å². The number of benzene rings is 3. The molecule has 0 aliphatic rings. The minimum atomic E-state index is -0.481. The predicted molar refractivity (Wildman–Crippen MR) is 117 cm³/mol. The zero-order valence-corrected chi connectivity index (χ0v) is 17.2. The van der Waals surface area contributed by atoms with Gasteiger partial charge < -0.3 is 10.6 Å². The minimum absolute atomic E-state index is 0.105. The number of aryl methyl sites for hydroxylation is 2. The lowest BCUT2D eigenvalue weighted by Crippen LogP contribution is -2.31. The van der Waals surface area contributed by atoms with Crippen LogP contribution in [0.25, 0.3) is 0 Å². The Morgan fingerprint density at radius 1 is 0.931 bits per heavy atom. The van der Waals surface area contributed by atoms with Crippen molar-refractivity contribution in [2.45, 2.75) is 26.3 Å². The Morgan fingerprint density at radius 3 is 2.34 bits per heavy atom. The van der Waals surface area contributed by atoms with E-state index in [0.29, 0.717) is 10.6 Å². The van der Waals surface area contributed by atoms with E-state index >= 15 is 0 Å². The molecule has 0 bridgehead atoms. The van der Waals surface area contributed by atoms with Crippen LogP contribution in [0.15, 0.2) is 72.8 Å². The Bertz CT molecular complexity index is 1020. The number of carbonyl (C=O) groups is 2. The molecule has 3 rings (SSSR count). The van der Waals surface area contributed by atoms with Crippen molar-refractivity contribution in [1.29, 1.82) is 0 Å². The molecule has 0 aromatic heterocycles. The van der Waals surface area contributed by atoms with E-state index in [1.54, 1.807) is 24.3 Å². The van der Waals surface area contributed by atoms with Crippen molar-refractivity contribution in [3.8, 4) is 0 Å². The Labute approximate surface area is 175 Å². The maximum atomic E-state index is 12.8. The Balaban J connectivity index is 1.79. The summed E-state index contributed by atoms with van der Waals surface area (Å²) in [4.78, 5) is 25.5. The molecule has 2 amide bonds. The molecule has 29 heavy (non-hydrogen) atoms. The molecule has 2 N–H and O–H groups in total. The predicted octanol–water partition coefficient (Wildman–Crippen LogP) is 5.46. The Hall–Kier alpha value is -3.11. The van der Waals surface area contributed by atoms with Crippen molar-refractivity contribution >= 4 is 29.1 Å². The smallest absolute Gasteiger partial charge is 0.253 e. The number of nitrogens with one attached hydrogen (secondary N) is 2. The number of hydrogen-bond acceptors (Lipinski definition) is 2. The Kier molecular flexibility index (Phi) is 6.68. The zero-order chi connectivity index (χ0) is 20.8. The zero-order valence-electron chi connectivity index (χ0n) is 16.4. The second-order valence-electron chi connectivity index (χ2n) is 6.99. The molecule has 0 spiro atoms. The summed E-state index contributed by atoms with van der Waals surface area (Å²) in [7, 11) is 0. The maximum Gasteiger partial charge on any atom is 0.253 e. The van der Waals surface area contributed by atoms with E-state index in [1.807, 2.05) is 62.4 Å². The second kappa shape index (κ2) is 9.39. The van der Waals surface area contributed by atoms with Crippen LogP contribution in [0.2, 0.25) is 5.02 Å². The summed E-state index contributed by atoms with van der Waals surface area (Å²) < 4.78 is 0. The topological polar surface area (TPSA) is 58.2 Å². The molecule has 3 aromatic carbocycles.